The van der Waals surface area contributed by atoms with Crippen LogP contribution in [-0.2, 0) is 22.0 Å². The third-order valence-corrected chi connectivity index (χ3v) is 8.28. The van der Waals surface area contributed by atoms with E-state index >= 15 is 0 Å². The van der Waals surface area contributed by atoms with E-state index in [1.54, 1.807) is 28.0 Å². The number of amides is 1. The smallest absolute Gasteiger partial charge is 0.410 e. The SMILES string of the molecule is CC(C)(C)OC(=O)N1CCC(c2ccc(OCCCOCc3cccs3)cc2)C(O)C1.CSc1ccc(CCl)cc1. The average molecular weight is 620 g/mol. The zero-order valence-corrected chi connectivity index (χ0v) is 26.8. The minimum absolute atomic E-state index is 0.00149. The van der Waals surface area contributed by atoms with Gasteiger partial charge in [-0.15, -0.1) is 34.7 Å². The number of nitrogens with zero attached hydrogens (tertiary/aromatic N) is 1. The van der Waals surface area contributed by atoms with Crippen molar-refractivity contribution < 1.29 is 24.1 Å². The van der Waals surface area contributed by atoms with E-state index in [1.165, 1.54) is 15.3 Å². The monoisotopic (exact) mass is 619 g/mol. The van der Waals surface area contributed by atoms with E-state index in [1.807, 2.05) is 51.1 Å². The third-order valence-electron chi connectivity index (χ3n) is 6.38. The molecule has 2 unspecified atom stereocenters. The molecule has 2 atom stereocenters. The summed E-state index contributed by atoms with van der Waals surface area (Å²) in [7, 11) is 0. The molecule has 3 aromatic rings. The van der Waals surface area contributed by atoms with Crippen LogP contribution in [0.3, 0.4) is 0 Å². The van der Waals surface area contributed by atoms with E-state index in [0.717, 1.165) is 17.7 Å². The van der Waals surface area contributed by atoms with E-state index in [0.29, 0.717) is 38.7 Å². The summed E-state index contributed by atoms with van der Waals surface area (Å²) in [5, 5.41) is 12.7. The number of hydrogen-bond acceptors (Lipinski definition) is 7. The number of aliphatic hydroxyl groups excluding tert-OH is 1. The lowest BCUT2D eigenvalue weighted by atomic mass is 9.87. The van der Waals surface area contributed by atoms with Gasteiger partial charge in [0.2, 0.25) is 0 Å². The minimum Gasteiger partial charge on any atom is -0.494 e. The maximum atomic E-state index is 12.2. The van der Waals surface area contributed by atoms with Gasteiger partial charge in [-0.3, -0.25) is 0 Å². The summed E-state index contributed by atoms with van der Waals surface area (Å²) >= 11 is 9.06. The van der Waals surface area contributed by atoms with Gasteiger partial charge in [0, 0.05) is 34.5 Å². The van der Waals surface area contributed by atoms with E-state index in [2.05, 4.69) is 42.0 Å². The number of hydrogen-bond donors (Lipinski definition) is 1. The number of β-amino-alcohol motifs (C(OH)–C–C–N with tert-alkyl or cyclic N) is 1. The normalized spacial score (nSPS) is 17.0. The van der Waals surface area contributed by atoms with Crippen LogP contribution in [0.5, 0.6) is 5.75 Å². The van der Waals surface area contributed by atoms with Crippen molar-refractivity contribution in [3.05, 3.63) is 82.0 Å². The Morgan fingerprint density at radius 1 is 1.10 bits per heavy atom. The molecule has 2 aromatic carbocycles. The van der Waals surface area contributed by atoms with Crippen molar-refractivity contribution in [2.45, 2.75) is 68.6 Å². The first-order valence-corrected chi connectivity index (χ1v) is 16.5. The zero-order valence-electron chi connectivity index (χ0n) is 24.4. The Kier molecular flexibility index (Phi) is 13.8. The number of alkyl halides is 1. The number of benzene rings is 2. The van der Waals surface area contributed by atoms with Gasteiger partial charge in [0.1, 0.15) is 11.4 Å². The van der Waals surface area contributed by atoms with Gasteiger partial charge < -0.3 is 24.2 Å². The predicted molar refractivity (Wildman–Crippen MR) is 169 cm³/mol. The molecule has 4 rings (SSSR count). The Morgan fingerprint density at radius 3 is 2.41 bits per heavy atom. The van der Waals surface area contributed by atoms with Gasteiger partial charge in [-0.1, -0.05) is 30.3 Å². The molecule has 0 spiro atoms. The number of rotatable bonds is 10. The minimum atomic E-state index is -0.617. The number of halogens is 1. The number of thiophene rings is 1. The molecule has 1 N–H and O–H groups in total. The van der Waals surface area contributed by atoms with Crippen LogP contribution in [0, 0.1) is 0 Å². The van der Waals surface area contributed by atoms with Crippen molar-refractivity contribution in [3.8, 4) is 5.75 Å². The van der Waals surface area contributed by atoms with Gasteiger partial charge in [-0.25, -0.2) is 4.79 Å². The first-order chi connectivity index (χ1) is 19.7. The lowest BCUT2D eigenvalue weighted by molar-refractivity contribution is -0.00152. The highest BCUT2D eigenvalue weighted by Crippen LogP contribution is 2.30. The quantitative estimate of drug-likeness (QED) is 0.141. The molecule has 0 saturated carbocycles. The maximum Gasteiger partial charge on any atom is 0.410 e. The summed E-state index contributed by atoms with van der Waals surface area (Å²) in [5.74, 6) is 1.41. The van der Waals surface area contributed by atoms with Crippen LogP contribution in [0.4, 0.5) is 4.79 Å². The average Bonchev–Trinajstić information content (AvgIpc) is 3.48. The molecule has 0 aliphatic carbocycles. The topological polar surface area (TPSA) is 68.2 Å². The number of piperidine rings is 1. The van der Waals surface area contributed by atoms with E-state index in [9.17, 15) is 9.90 Å². The fourth-order valence-electron chi connectivity index (χ4n) is 4.26. The number of thioether (sulfide) groups is 1. The second-order valence-corrected chi connectivity index (χ2v) is 13.0. The predicted octanol–water partition coefficient (Wildman–Crippen LogP) is 7.97. The van der Waals surface area contributed by atoms with Crippen molar-refractivity contribution in [2.24, 2.45) is 0 Å². The van der Waals surface area contributed by atoms with Crippen molar-refractivity contribution >= 4 is 40.8 Å². The second kappa shape index (κ2) is 17.0. The third kappa shape index (κ3) is 11.9. The van der Waals surface area contributed by atoms with Gasteiger partial charge in [0.05, 0.1) is 32.5 Å². The maximum absolute atomic E-state index is 12.2. The van der Waals surface area contributed by atoms with Crippen LogP contribution in [0.1, 0.15) is 55.5 Å². The molecule has 2 heterocycles. The first kappa shape index (κ1) is 33.3. The Bertz CT molecular complexity index is 1130. The number of ether oxygens (including phenoxy) is 3. The van der Waals surface area contributed by atoms with Crippen molar-refractivity contribution in [1.29, 1.82) is 0 Å². The lowest BCUT2D eigenvalue weighted by Gasteiger charge is -2.36. The highest BCUT2D eigenvalue weighted by Gasteiger charge is 2.33. The summed E-state index contributed by atoms with van der Waals surface area (Å²) in [5.41, 5.74) is 1.70. The van der Waals surface area contributed by atoms with E-state index in [-0.39, 0.29) is 18.6 Å². The molecule has 1 aliphatic rings. The van der Waals surface area contributed by atoms with Gasteiger partial charge in [0.25, 0.3) is 0 Å². The summed E-state index contributed by atoms with van der Waals surface area (Å²) in [6, 6.07) is 20.3. The zero-order chi connectivity index (χ0) is 29.7. The molecule has 1 aromatic heterocycles. The molecule has 6 nitrogen and oxygen atoms in total. The fourth-order valence-corrected chi connectivity index (χ4v) is 5.48. The van der Waals surface area contributed by atoms with E-state index < -0.39 is 11.7 Å². The molecule has 0 bridgehead atoms. The molecule has 9 heteroatoms. The molecule has 0 radical (unpaired) electrons. The van der Waals surface area contributed by atoms with Crippen molar-refractivity contribution in [2.75, 3.05) is 32.6 Å². The molecular weight excluding hydrogens is 578 g/mol. The molecule has 1 amide bonds. The van der Waals surface area contributed by atoms with Crippen LogP contribution in [0.2, 0.25) is 0 Å². The molecule has 1 saturated heterocycles. The summed E-state index contributed by atoms with van der Waals surface area (Å²) in [6.07, 6.45) is 2.61. The number of aliphatic hydroxyl groups is 1. The first-order valence-electron chi connectivity index (χ1n) is 13.9. The lowest BCUT2D eigenvalue weighted by Crippen LogP contribution is -2.47. The number of carbonyl (C=O) groups is 1. The standard InChI is InChI=1S/C24H33NO5S.C8H9ClS/c1-24(2,3)30-23(27)25-12-11-21(22(26)16-25)18-7-9-19(10-8-18)29-14-5-13-28-17-20-6-4-15-31-20;1-10-8-4-2-7(6-9)3-5-8/h4,6-10,15,21-22,26H,5,11-14,16-17H2,1-3H3;2-5H,6H2,1H3. The molecular formula is C32H42ClNO5S2. The van der Waals surface area contributed by atoms with Gasteiger partial charge in [-0.05, 0) is 80.3 Å². The van der Waals surface area contributed by atoms with Crippen LogP contribution in [-0.4, -0.2) is 60.4 Å². The Labute approximate surface area is 258 Å². The molecule has 1 aliphatic heterocycles. The van der Waals surface area contributed by atoms with Crippen LogP contribution in [0.25, 0.3) is 0 Å². The number of likely N-dealkylation sites (tertiary alicyclic amines) is 1. The Hall–Kier alpha value is -2.23. The highest BCUT2D eigenvalue weighted by molar-refractivity contribution is 7.98. The van der Waals surface area contributed by atoms with Crippen LogP contribution >= 0.6 is 34.7 Å². The Balaban J connectivity index is 0.000000389. The summed E-state index contributed by atoms with van der Waals surface area (Å²) in [4.78, 5) is 16.3. The molecule has 1 fully saturated rings. The Morgan fingerprint density at radius 2 is 1.83 bits per heavy atom. The van der Waals surface area contributed by atoms with Gasteiger partial charge >= 0.3 is 6.09 Å². The van der Waals surface area contributed by atoms with E-state index in [4.69, 9.17) is 25.8 Å². The van der Waals surface area contributed by atoms with Crippen LogP contribution in [0.15, 0.2) is 70.9 Å². The van der Waals surface area contributed by atoms with Crippen molar-refractivity contribution in [1.82, 2.24) is 4.90 Å². The molecule has 41 heavy (non-hydrogen) atoms. The van der Waals surface area contributed by atoms with Gasteiger partial charge in [-0.2, -0.15) is 0 Å². The summed E-state index contributed by atoms with van der Waals surface area (Å²) in [6.45, 7) is 8.30. The van der Waals surface area contributed by atoms with Crippen LogP contribution < -0.4 is 4.74 Å². The summed E-state index contributed by atoms with van der Waals surface area (Å²) < 4.78 is 16.9. The van der Waals surface area contributed by atoms with Gasteiger partial charge in [0.15, 0.2) is 0 Å². The second-order valence-electron chi connectivity index (χ2n) is 10.8. The van der Waals surface area contributed by atoms with Crippen molar-refractivity contribution in [3.63, 3.8) is 0 Å². The highest BCUT2D eigenvalue weighted by atomic mass is 35.5. The fraction of sp³-hybridized carbons (Fsp3) is 0.469. The number of carbonyl (C=O) groups excluding carboxylic acids is 1. The largest absolute Gasteiger partial charge is 0.494 e. The molecule has 224 valence electrons.